The lowest BCUT2D eigenvalue weighted by Crippen LogP contribution is -2.42. The fourth-order valence-corrected chi connectivity index (χ4v) is 2.38. The highest BCUT2D eigenvalue weighted by atomic mass is 16.5. The molecule has 3 heteroatoms. The third kappa shape index (κ3) is 2.55. The van der Waals surface area contributed by atoms with Crippen LogP contribution in [-0.2, 0) is 6.42 Å². The van der Waals surface area contributed by atoms with Crippen molar-refractivity contribution in [1.82, 2.24) is 0 Å². The minimum atomic E-state index is -0.320. The number of aliphatic hydroxyl groups excluding tert-OH is 1. The first-order valence-corrected chi connectivity index (χ1v) is 6.32. The summed E-state index contributed by atoms with van der Waals surface area (Å²) in [6, 6.07) is 6.18. The predicted octanol–water partition coefficient (Wildman–Crippen LogP) is 2.44. The Morgan fingerprint density at radius 3 is 2.88 bits per heavy atom. The maximum atomic E-state index is 10.1. The number of hydrogen-bond acceptors (Lipinski definition) is 3. The molecule has 0 bridgehead atoms. The molecule has 0 aromatic heterocycles. The van der Waals surface area contributed by atoms with Crippen molar-refractivity contribution in [1.29, 1.82) is 0 Å². The zero-order valence-corrected chi connectivity index (χ0v) is 10.7. The average Bonchev–Trinajstić information content (AvgIpc) is 2.28. The number of ether oxygens (including phenoxy) is 1. The SMILES string of the molecule is CCOc1ccc2c(c1)CC(O)C(C(C)C)N2. The van der Waals surface area contributed by atoms with E-state index in [0.29, 0.717) is 18.9 Å². The number of fused-ring (bicyclic) bond motifs is 1. The molecular weight excluding hydrogens is 214 g/mol. The third-order valence-corrected chi connectivity index (χ3v) is 3.27. The van der Waals surface area contributed by atoms with Gasteiger partial charge in [0.25, 0.3) is 0 Å². The van der Waals surface area contributed by atoms with Gasteiger partial charge in [-0.3, -0.25) is 0 Å². The molecule has 0 radical (unpaired) electrons. The minimum Gasteiger partial charge on any atom is -0.494 e. The number of benzene rings is 1. The fourth-order valence-electron chi connectivity index (χ4n) is 2.38. The molecule has 0 amide bonds. The van der Waals surface area contributed by atoms with Gasteiger partial charge in [0.1, 0.15) is 5.75 Å². The second kappa shape index (κ2) is 4.96. The lowest BCUT2D eigenvalue weighted by Gasteiger charge is -2.34. The van der Waals surface area contributed by atoms with Crippen LogP contribution in [0.4, 0.5) is 5.69 Å². The molecule has 2 rings (SSSR count). The summed E-state index contributed by atoms with van der Waals surface area (Å²) in [7, 11) is 0. The van der Waals surface area contributed by atoms with Crippen LogP contribution in [0.5, 0.6) is 5.75 Å². The van der Waals surface area contributed by atoms with Crippen LogP contribution >= 0.6 is 0 Å². The molecule has 1 aromatic carbocycles. The molecule has 1 aliphatic heterocycles. The molecule has 94 valence electrons. The predicted molar refractivity (Wildman–Crippen MR) is 69.6 cm³/mol. The van der Waals surface area contributed by atoms with Crippen molar-refractivity contribution in [2.24, 2.45) is 5.92 Å². The molecule has 0 spiro atoms. The molecule has 0 fully saturated rings. The largest absolute Gasteiger partial charge is 0.494 e. The highest BCUT2D eigenvalue weighted by molar-refractivity contribution is 5.57. The second-order valence-electron chi connectivity index (χ2n) is 4.94. The van der Waals surface area contributed by atoms with Crippen molar-refractivity contribution in [2.45, 2.75) is 39.3 Å². The molecule has 2 atom stereocenters. The summed E-state index contributed by atoms with van der Waals surface area (Å²) >= 11 is 0. The number of nitrogens with one attached hydrogen (secondary N) is 1. The van der Waals surface area contributed by atoms with Crippen molar-refractivity contribution in [3.05, 3.63) is 23.8 Å². The lowest BCUT2D eigenvalue weighted by molar-refractivity contribution is 0.129. The van der Waals surface area contributed by atoms with E-state index in [1.54, 1.807) is 0 Å². The number of hydrogen-bond donors (Lipinski definition) is 2. The van der Waals surface area contributed by atoms with Crippen molar-refractivity contribution < 1.29 is 9.84 Å². The normalized spacial score (nSPS) is 23.1. The summed E-state index contributed by atoms with van der Waals surface area (Å²) in [6.45, 7) is 6.89. The molecule has 3 nitrogen and oxygen atoms in total. The van der Waals surface area contributed by atoms with E-state index in [1.165, 1.54) is 0 Å². The Bertz CT molecular complexity index is 390. The van der Waals surface area contributed by atoms with Gasteiger partial charge < -0.3 is 15.2 Å². The molecule has 1 aliphatic rings. The van der Waals surface area contributed by atoms with Gasteiger partial charge in [-0.2, -0.15) is 0 Å². The van der Waals surface area contributed by atoms with Crippen molar-refractivity contribution in [2.75, 3.05) is 11.9 Å². The molecule has 0 saturated carbocycles. The number of aliphatic hydroxyl groups is 1. The van der Waals surface area contributed by atoms with E-state index in [-0.39, 0.29) is 12.1 Å². The topological polar surface area (TPSA) is 41.5 Å². The third-order valence-electron chi connectivity index (χ3n) is 3.27. The first-order valence-electron chi connectivity index (χ1n) is 6.32. The Kier molecular flexibility index (Phi) is 3.57. The molecule has 2 unspecified atom stereocenters. The summed E-state index contributed by atoms with van der Waals surface area (Å²) in [5, 5.41) is 13.5. The van der Waals surface area contributed by atoms with Crippen LogP contribution in [0, 0.1) is 5.92 Å². The average molecular weight is 235 g/mol. The Morgan fingerprint density at radius 1 is 1.47 bits per heavy atom. The number of rotatable bonds is 3. The van der Waals surface area contributed by atoms with Gasteiger partial charge in [-0.25, -0.2) is 0 Å². The second-order valence-corrected chi connectivity index (χ2v) is 4.94. The van der Waals surface area contributed by atoms with Crippen LogP contribution in [0.2, 0.25) is 0 Å². The summed E-state index contributed by atoms with van der Waals surface area (Å²) < 4.78 is 5.47. The van der Waals surface area contributed by atoms with Gasteiger partial charge >= 0.3 is 0 Å². The highest BCUT2D eigenvalue weighted by Crippen LogP contribution is 2.30. The first-order chi connectivity index (χ1) is 8.11. The molecule has 0 saturated heterocycles. The van der Waals surface area contributed by atoms with Crippen LogP contribution in [0.1, 0.15) is 26.3 Å². The summed E-state index contributed by atoms with van der Waals surface area (Å²) in [5.74, 6) is 1.30. The van der Waals surface area contributed by atoms with E-state index in [0.717, 1.165) is 17.0 Å². The van der Waals surface area contributed by atoms with E-state index in [4.69, 9.17) is 4.74 Å². The van der Waals surface area contributed by atoms with Gasteiger partial charge in [0.2, 0.25) is 0 Å². The smallest absolute Gasteiger partial charge is 0.119 e. The van der Waals surface area contributed by atoms with E-state index < -0.39 is 0 Å². The standard InChI is InChI=1S/C14H21NO2/c1-4-17-11-5-6-12-10(7-11)8-13(16)14(15-12)9(2)3/h5-7,9,13-16H,4,8H2,1-3H3. The quantitative estimate of drug-likeness (QED) is 0.845. The van der Waals surface area contributed by atoms with Crippen LogP contribution < -0.4 is 10.1 Å². The maximum Gasteiger partial charge on any atom is 0.119 e. The van der Waals surface area contributed by atoms with Crippen LogP contribution in [0.15, 0.2) is 18.2 Å². The van der Waals surface area contributed by atoms with E-state index in [2.05, 4.69) is 19.2 Å². The highest BCUT2D eigenvalue weighted by Gasteiger charge is 2.28. The van der Waals surface area contributed by atoms with Gasteiger partial charge in [0.15, 0.2) is 0 Å². The molecule has 17 heavy (non-hydrogen) atoms. The zero-order valence-electron chi connectivity index (χ0n) is 10.7. The van der Waals surface area contributed by atoms with Gasteiger partial charge in [0.05, 0.1) is 18.8 Å². The van der Waals surface area contributed by atoms with Gasteiger partial charge in [-0.15, -0.1) is 0 Å². The van der Waals surface area contributed by atoms with Crippen LogP contribution in [0.3, 0.4) is 0 Å². The first kappa shape index (κ1) is 12.2. The monoisotopic (exact) mass is 235 g/mol. The van der Waals surface area contributed by atoms with Crippen molar-refractivity contribution >= 4 is 5.69 Å². The Morgan fingerprint density at radius 2 is 2.24 bits per heavy atom. The molecule has 1 heterocycles. The van der Waals surface area contributed by atoms with Gasteiger partial charge in [0, 0.05) is 12.1 Å². The number of anilines is 1. The molecule has 2 N–H and O–H groups in total. The van der Waals surface area contributed by atoms with E-state index >= 15 is 0 Å². The summed E-state index contributed by atoms with van der Waals surface area (Å²) in [6.07, 6.45) is 0.380. The minimum absolute atomic E-state index is 0.139. The Hall–Kier alpha value is -1.22. The van der Waals surface area contributed by atoms with E-state index in [1.807, 2.05) is 25.1 Å². The molecule has 1 aromatic rings. The Balaban J connectivity index is 2.22. The van der Waals surface area contributed by atoms with Crippen LogP contribution in [0.25, 0.3) is 0 Å². The van der Waals surface area contributed by atoms with Crippen LogP contribution in [-0.4, -0.2) is 23.9 Å². The van der Waals surface area contributed by atoms with Gasteiger partial charge in [-0.05, 0) is 36.6 Å². The van der Waals surface area contributed by atoms with Gasteiger partial charge in [-0.1, -0.05) is 13.8 Å². The Labute approximate surface area is 103 Å². The van der Waals surface area contributed by atoms with E-state index in [9.17, 15) is 5.11 Å². The van der Waals surface area contributed by atoms with Crippen molar-refractivity contribution in [3.8, 4) is 5.75 Å². The lowest BCUT2D eigenvalue weighted by atomic mass is 9.89. The van der Waals surface area contributed by atoms with Crippen molar-refractivity contribution in [3.63, 3.8) is 0 Å². The summed E-state index contributed by atoms with van der Waals surface area (Å²) in [5.41, 5.74) is 2.26. The fraction of sp³-hybridized carbons (Fsp3) is 0.571. The zero-order chi connectivity index (χ0) is 12.4. The summed E-state index contributed by atoms with van der Waals surface area (Å²) in [4.78, 5) is 0. The molecule has 0 aliphatic carbocycles. The molecular formula is C14H21NO2. The maximum absolute atomic E-state index is 10.1.